The Morgan fingerprint density at radius 2 is 2.00 bits per heavy atom. The second-order valence-corrected chi connectivity index (χ2v) is 10.3. The molecule has 2 unspecified atom stereocenters. The molecule has 2 aromatic rings. The zero-order valence-corrected chi connectivity index (χ0v) is 21.7. The van der Waals surface area contributed by atoms with Gasteiger partial charge in [-0.3, -0.25) is 10.1 Å². The predicted octanol–water partition coefficient (Wildman–Crippen LogP) is 2.82. The average Bonchev–Trinajstić information content (AvgIpc) is 3.18. The lowest BCUT2D eigenvalue weighted by Crippen LogP contribution is -2.43. The molecule has 12 heteroatoms. The van der Waals surface area contributed by atoms with E-state index in [0.29, 0.717) is 37.7 Å². The van der Waals surface area contributed by atoms with Crippen LogP contribution in [0.25, 0.3) is 11.3 Å². The van der Waals surface area contributed by atoms with Gasteiger partial charge in [-0.15, -0.1) is 0 Å². The predicted molar refractivity (Wildman–Crippen MR) is 136 cm³/mol. The molecule has 0 radical (unpaired) electrons. The summed E-state index contributed by atoms with van der Waals surface area (Å²) in [5, 5.41) is 11.1. The summed E-state index contributed by atoms with van der Waals surface area (Å²) in [6.07, 6.45) is 1.21. The van der Waals surface area contributed by atoms with Gasteiger partial charge in [-0.05, 0) is 45.7 Å². The number of halogens is 1. The van der Waals surface area contributed by atoms with Crippen LogP contribution in [0.5, 0.6) is 5.88 Å². The van der Waals surface area contributed by atoms with Crippen molar-refractivity contribution in [3.63, 3.8) is 0 Å². The van der Waals surface area contributed by atoms with E-state index in [1.54, 1.807) is 11.0 Å². The van der Waals surface area contributed by atoms with Crippen LogP contribution in [-0.4, -0.2) is 89.2 Å². The molecule has 2 bridgehead atoms. The summed E-state index contributed by atoms with van der Waals surface area (Å²) >= 11 is 0. The summed E-state index contributed by atoms with van der Waals surface area (Å²) < 4.78 is 32.1. The fourth-order valence-corrected chi connectivity index (χ4v) is 5.11. The second kappa shape index (κ2) is 10.3. The van der Waals surface area contributed by atoms with Gasteiger partial charge in [0.2, 0.25) is 11.8 Å². The number of fused-ring (bicyclic) bond motifs is 3. The number of morpholine rings is 1. The van der Waals surface area contributed by atoms with E-state index in [2.05, 4.69) is 5.32 Å². The van der Waals surface area contributed by atoms with Crippen LogP contribution >= 0.6 is 0 Å². The van der Waals surface area contributed by atoms with E-state index in [4.69, 9.17) is 29.3 Å². The third kappa shape index (κ3) is 5.23. The fourth-order valence-electron chi connectivity index (χ4n) is 5.11. The summed E-state index contributed by atoms with van der Waals surface area (Å²) in [6.45, 7) is 7.14. The summed E-state index contributed by atoms with van der Waals surface area (Å²) in [4.78, 5) is 38.7. The summed E-state index contributed by atoms with van der Waals surface area (Å²) in [5.74, 6) is -0.490. The highest BCUT2D eigenvalue weighted by Gasteiger charge is 2.39. The molecule has 0 spiro atoms. The minimum atomic E-state index is -0.893. The molecule has 3 aliphatic heterocycles. The van der Waals surface area contributed by atoms with Crippen LogP contribution in [0.3, 0.4) is 0 Å². The number of amides is 2. The third-order valence-electron chi connectivity index (χ3n) is 6.82. The number of aromatic nitrogens is 2. The first-order valence-electron chi connectivity index (χ1n) is 12.8. The Balaban J connectivity index is 1.58. The number of likely N-dealkylation sites (N-methyl/N-ethyl adjacent to an activating group) is 1. The Labute approximate surface area is 219 Å². The molecule has 2 saturated heterocycles. The van der Waals surface area contributed by atoms with E-state index in [9.17, 15) is 9.59 Å². The molecular formula is C26H32FN5O6. The lowest BCUT2D eigenvalue weighted by atomic mass is 10.0. The number of ether oxygens (including phenoxy) is 3. The molecule has 2 atom stereocenters. The van der Waals surface area contributed by atoms with E-state index in [-0.39, 0.29) is 54.2 Å². The number of rotatable bonds is 6. The number of benzene rings is 1. The van der Waals surface area contributed by atoms with Crippen molar-refractivity contribution in [1.82, 2.24) is 14.9 Å². The van der Waals surface area contributed by atoms with Crippen molar-refractivity contribution in [2.45, 2.75) is 51.4 Å². The molecule has 1 aromatic heterocycles. The molecule has 2 N–H and O–H groups in total. The Bertz CT molecular complexity index is 1230. The maximum atomic E-state index is 15.1. The molecule has 11 nitrogen and oxygen atoms in total. The second-order valence-electron chi connectivity index (χ2n) is 10.3. The van der Waals surface area contributed by atoms with Crippen molar-refractivity contribution in [1.29, 1.82) is 0 Å². The van der Waals surface area contributed by atoms with Crippen molar-refractivity contribution < 1.29 is 33.3 Å². The molecule has 4 heterocycles. The van der Waals surface area contributed by atoms with Crippen molar-refractivity contribution in [3.05, 3.63) is 29.6 Å². The van der Waals surface area contributed by atoms with Crippen LogP contribution in [0.2, 0.25) is 0 Å². The maximum absolute atomic E-state index is 15.1. The Hall–Kier alpha value is -3.51. The Morgan fingerprint density at radius 3 is 2.66 bits per heavy atom. The fraction of sp³-hybridized carbons (Fsp3) is 0.538. The summed E-state index contributed by atoms with van der Waals surface area (Å²) in [5.41, 5.74) is -0.0721. The zero-order valence-electron chi connectivity index (χ0n) is 21.7. The molecule has 5 rings (SSSR count). The van der Waals surface area contributed by atoms with Gasteiger partial charge < -0.3 is 29.1 Å². The van der Waals surface area contributed by atoms with Crippen LogP contribution in [-0.2, 0) is 9.47 Å². The van der Waals surface area contributed by atoms with Gasteiger partial charge in [-0.2, -0.15) is 4.98 Å². The monoisotopic (exact) mass is 529 g/mol. The molecular weight excluding hydrogens is 497 g/mol. The molecule has 0 saturated carbocycles. The van der Waals surface area contributed by atoms with Crippen molar-refractivity contribution in [2.75, 3.05) is 49.6 Å². The van der Waals surface area contributed by atoms with Gasteiger partial charge in [0.15, 0.2) is 0 Å². The molecule has 204 valence electrons. The number of carbonyl (C=O) groups is 2. The van der Waals surface area contributed by atoms with Crippen molar-refractivity contribution in [3.8, 4) is 17.1 Å². The molecule has 3 aliphatic rings. The number of aliphatic hydroxyl groups excluding tert-OH is 1. The van der Waals surface area contributed by atoms with Crippen LogP contribution < -0.4 is 15.0 Å². The van der Waals surface area contributed by atoms with Gasteiger partial charge in [0.25, 0.3) is 5.91 Å². The standard InChI is InChI=1S/C26H32FN5O6/c1-4-31-14-26(2,3)38-22-20(23(31)34)21(29-24(30-22)32-12-16-6-7-17(13-32)37-16)15-5-8-19(18(27)11-15)28-25(35)36-10-9-33/h5,8,11,16-17,33H,4,6-7,9-10,12-14H2,1-3H3,(H,28,35). The average molecular weight is 530 g/mol. The smallest absolute Gasteiger partial charge is 0.411 e. The first-order chi connectivity index (χ1) is 18.2. The van der Waals surface area contributed by atoms with E-state index < -0.39 is 17.5 Å². The normalized spacial score (nSPS) is 22.0. The quantitative estimate of drug-likeness (QED) is 0.581. The number of nitrogens with zero attached hydrogens (tertiary/aromatic N) is 4. The van der Waals surface area contributed by atoms with E-state index in [0.717, 1.165) is 12.8 Å². The SMILES string of the molecule is CCN1CC(C)(C)Oc2nc(N3CC4CCC(C3)O4)nc(-c3ccc(NC(=O)OCCO)c(F)c3)c2C1=O. The number of hydrogen-bond acceptors (Lipinski definition) is 9. The van der Waals surface area contributed by atoms with E-state index in [1.807, 2.05) is 25.7 Å². The zero-order chi connectivity index (χ0) is 27.0. The van der Waals surface area contributed by atoms with Crippen LogP contribution in [0.1, 0.15) is 44.0 Å². The van der Waals surface area contributed by atoms with Gasteiger partial charge in [0.05, 0.1) is 36.7 Å². The van der Waals surface area contributed by atoms with Crippen LogP contribution in [0.15, 0.2) is 18.2 Å². The first-order valence-corrected chi connectivity index (χ1v) is 12.8. The highest BCUT2D eigenvalue weighted by molar-refractivity contribution is 6.03. The number of hydrogen-bond donors (Lipinski definition) is 2. The minimum absolute atomic E-state index is 0.0857. The Morgan fingerprint density at radius 1 is 1.26 bits per heavy atom. The van der Waals surface area contributed by atoms with E-state index >= 15 is 4.39 Å². The topological polar surface area (TPSA) is 126 Å². The van der Waals surface area contributed by atoms with Gasteiger partial charge >= 0.3 is 6.09 Å². The van der Waals surface area contributed by atoms with Gasteiger partial charge in [0.1, 0.15) is 23.6 Å². The lowest BCUT2D eigenvalue weighted by molar-refractivity contribution is 0.0297. The highest BCUT2D eigenvalue weighted by Crippen LogP contribution is 2.38. The molecule has 0 aliphatic carbocycles. The van der Waals surface area contributed by atoms with Crippen molar-refractivity contribution in [2.24, 2.45) is 0 Å². The number of carbonyl (C=O) groups excluding carboxylic acids is 2. The molecule has 2 fully saturated rings. The maximum Gasteiger partial charge on any atom is 0.411 e. The van der Waals surface area contributed by atoms with Crippen LogP contribution in [0, 0.1) is 5.82 Å². The highest BCUT2D eigenvalue weighted by atomic mass is 19.1. The van der Waals surface area contributed by atoms with Gasteiger partial charge in [0, 0.05) is 25.2 Å². The summed E-state index contributed by atoms with van der Waals surface area (Å²) in [6, 6.07) is 4.15. The van der Waals surface area contributed by atoms with E-state index in [1.165, 1.54) is 12.1 Å². The molecule has 2 amide bonds. The molecule has 1 aromatic carbocycles. The number of nitrogens with one attached hydrogen (secondary N) is 1. The Kier molecular flexibility index (Phi) is 7.10. The third-order valence-corrected chi connectivity index (χ3v) is 6.82. The van der Waals surface area contributed by atoms with Gasteiger partial charge in [-0.25, -0.2) is 14.2 Å². The largest absolute Gasteiger partial charge is 0.469 e. The number of anilines is 2. The molecule has 38 heavy (non-hydrogen) atoms. The number of aliphatic hydroxyl groups is 1. The minimum Gasteiger partial charge on any atom is -0.469 e. The van der Waals surface area contributed by atoms with Crippen LogP contribution in [0.4, 0.5) is 20.8 Å². The van der Waals surface area contributed by atoms with Crippen molar-refractivity contribution >= 4 is 23.6 Å². The first kappa shape index (κ1) is 26.1. The van der Waals surface area contributed by atoms with Gasteiger partial charge in [-0.1, -0.05) is 6.07 Å². The summed E-state index contributed by atoms with van der Waals surface area (Å²) in [7, 11) is 0. The lowest BCUT2D eigenvalue weighted by Gasteiger charge is -2.33.